The number of carbonyl (C=O) groups excluding carboxylic acids is 3. The second kappa shape index (κ2) is 18.9. The summed E-state index contributed by atoms with van der Waals surface area (Å²) in [6.07, 6.45) is 11.7. The third kappa shape index (κ3) is 15.1. The standard InChI is InChI=1S/C8H17.3C5H10O2.Sn/c1-3-5-7-8-6-4-2;3*1-2-3-4-5(6)7;/h1,3-8H2,2H3;3*2-4H2,1H3,(H,6,7);/q;;;;+3/p-3. The van der Waals surface area contributed by atoms with Gasteiger partial charge in [0.15, 0.2) is 0 Å². The first-order chi connectivity index (χ1) is 14.4. The van der Waals surface area contributed by atoms with Crippen molar-refractivity contribution in [1.82, 2.24) is 0 Å². The van der Waals surface area contributed by atoms with Crippen molar-refractivity contribution in [2.45, 2.75) is 128 Å². The van der Waals surface area contributed by atoms with E-state index >= 15 is 0 Å². The van der Waals surface area contributed by atoms with Gasteiger partial charge in [-0.05, 0) is 0 Å². The van der Waals surface area contributed by atoms with Gasteiger partial charge in [-0.2, -0.15) is 0 Å². The first-order valence-corrected chi connectivity index (χ1v) is 17.6. The molecule has 0 fully saturated rings. The van der Waals surface area contributed by atoms with Gasteiger partial charge >= 0.3 is 190 Å². The molecule has 0 radical (unpaired) electrons. The molecule has 0 bridgehead atoms. The average molecular weight is 535 g/mol. The van der Waals surface area contributed by atoms with Crippen molar-refractivity contribution in [2.75, 3.05) is 0 Å². The summed E-state index contributed by atoms with van der Waals surface area (Å²) in [7, 11) is 0. The molecule has 0 rings (SSSR count). The Balaban J connectivity index is 5.30. The summed E-state index contributed by atoms with van der Waals surface area (Å²) in [6.45, 7) is 8.16. The fourth-order valence-electron chi connectivity index (χ4n) is 2.97. The molecule has 0 aliphatic carbocycles. The van der Waals surface area contributed by atoms with E-state index in [0.717, 1.165) is 44.9 Å². The zero-order chi connectivity index (χ0) is 22.7. The molecule has 0 amide bonds. The van der Waals surface area contributed by atoms with Crippen LogP contribution in [0.5, 0.6) is 0 Å². The number of rotatable bonds is 19. The molecule has 0 saturated heterocycles. The van der Waals surface area contributed by atoms with Gasteiger partial charge in [0, 0.05) is 0 Å². The maximum atomic E-state index is 12.4. The molecule has 0 aromatic carbocycles. The molecule has 30 heavy (non-hydrogen) atoms. The van der Waals surface area contributed by atoms with E-state index in [1.54, 1.807) is 0 Å². The van der Waals surface area contributed by atoms with E-state index in [1.807, 2.05) is 20.8 Å². The maximum absolute atomic E-state index is 12.4. The van der Waals surface area contributed by atoms with Crippen LogP contribution in [0.15, 0.2) is 0 Å². The van der Waals surface area contributed by atoms with Crippen LogP contribution in [0, 0.1) is 0 Å². The monoisotopic (exact) mass is 536 g/mol. The zero-order valence-corrected chi connectivity index (χ0v) is 22.6. The van der Waals surface area contributed by atoms with Gasteiger partial charge in [0.05, 0.1) is 0 Å². The van der Waals surface area contributed by atoms with E-state index < -0.39 is 37.5 Å². The number of carbonyl (C=O) groups is 3. The molecule has 0 N–H and O–H groups in total. The minimum absolute atomic E-state index is 0.255. The van der Waals surface area contributed by atoms with E-state index in [2.05, 4.69) is 6.92 Å². The Labute approximate surface area is 189 Å². The van der Waals surface area contributed by atoms with E-state index in [9.17, 15) is 14.4 Å². The normalized spacial score (nSPS) is 11.2. The van der Waals surface area contributed by atoms with Crippen LogP contribution in [-0.2, 0) is 23.6 Å². The summed E-state index contributed by atoms with van der Waals surface area (Å²) in [6, 6.07) is 0. The molecule has 0 heterocycles. The van der Waals surface area contributed by atoms with Gasteiger partial charge in [-0.3, -0.25) is 0 Å². The van der Waals surface area contributed by atoms with Gasteiger partial charge in [-0.1, -0.05) is 0 Å². The fraction of sp³-hybridized carbons (Fsp3) is 0.870. The molecule has 0 aromatic heterocycles. The Morgan fingerprint density at radius 1 is 0.500 bits per heavy atom. The van der Waals surface area contributed by atoms with Gasteiger partial charge < -0.3 is 0 Å². The van der Waals surface area contributed by atoms with Crippen molar-refractivity contribution < 1.29 is 23.6 Å². The second-order valence-corrected chi connectivity index (χ2v) is 15.0. The molecule has 0 aromatic rings. The van der Waals surface area contributed by atoms with Crippen molar-refractivity contribution in [3.63, 3.8) is 0 Å². The third-order valence-electron chi connectivity index (χ3n) is 4.85. The molecule has 0 unspecified atom stereocenters. The molecule has 0 aliphatic heterocycles. The van der Waals surface area contributed by atoms with Crippen molar-refractivity contribution >= 4 is 37.5 Å². The van der Waals surface area contributed by atoms with E-state index in [4.69, 9.17) is 9.22 Å². The van der Waals surface area contributed by atoms with Crippen LogP contribution in [0.3, 0.4) is 0 Å². The van der Waals surface area contributed by atoms with E-state index in [0.29, 0.717) is 23.7 Å². The van der Waals surface area contributed by atoms with Crippen molar-refractivity contribution in [2.24, 2.45) is 0 Å². The summed E-state index contributed by atoms with van der Waals surface area (Å²) >= 11 is -4.68. The Kier molecular flexibility index (Phi) is 18.4. The Morgan fingerprint density at radius 3 is 1.20 bits per heavy atom. The SMILES string of the molecule is CCCCCCC[CH2][Sn]([O]C(=O)CCCC)([O]C(=O)CCCC)[O]C(=O)CCCC. The third-order valence-corrected chi connectivity index (χ3v) is 12.2. The average Bonchev–Trinajstić information content (AvgIpc) is 2.71. The van der Waals surface area contributed by atoms with Crippen LogP contribution >= 0.6 is 0 Å². The topological polar surface area (TPSA) is 78.9 Å². The van der Waals surface area contributed by atoms with Crippen molar-refractivity contribution in [1.29, 1.82) is 0 Å². The van der Waals surface area contributed by atoms with Gasteiger partial charge in [0.1, 0.15) is 0 Å². The predicted octanol–water partition coefficient (Wildman–Crippen LogP) is 6.49. The molecule has 0 saturated carbocycles. The van der Waals surface area contributed by atoms with Crippen LogP contribution in [0.2, 0.25) is 4.44 Å². The molecule has 7 heteroatoms. The zero-order valence-electron chi connectivity index (χ0n) is 19.8. The Morgan fingerprint density at radius 2 is 0.833 bits per heavy atom. The molecule has 0 atom stereocenters. The predicted molar refractivity (Wildman–Crippen MR) is 121 cm³/mol. The van der Waals surface area contributed by atoms with Crippen LogP contribution < -0.4 is 0 Å². The minimum atomic E-state index is -4.68. The first kappa shape index (κ1) is 29.2. The molecular formula is C23H44O6Sn. The second-order valence-electron chi connectivity index (χ2n) is 7.93. The summed E-state index contributed by atoms with van der Waals surface area (Å²) in [5, 5.41) is 0. The van der Waals surface area contributed by atoms with Crippen LogP contribution in [0.25, 0.3) is 0 Å². The summed E-state index contributed by atoms with van der Waals surface area (Å²) in [5.74, 6) is -1.24. The number of hydrogen-bond acceptors (Lipinski definition) is 6. The summed E-state index contributed by atoms with van der Waals surface area (Å²) < 4.78 is 17.6. The van der Waals surface area contributed by atoms with Crippen LogP contribution in [-0.4, -0.2) is 37.5 Å². The summed E-state index contributed by atoms with van der Waals surface area (Å²) in [4.78, 5) is 37.3. The van der Waals surface area contributed by atoms with E-state index in [1.165, 1.54) is 12.8 Å². The van der Waals surface area contributed by atoms with Crippen molar-refractivity contribution in [3.05, 3.63) is 0 Å². The molecule has 0 spiro atoms. The molecule has 6 nitrogen and oxygen atoms in total. The Hall–Kier alpha value is -0.791. The van der Waals surface area contributed by atoms with Gasteiger partial charge in [0.25, 0.3) is 0 Å². The van der Waals surface area contributed by atoms with Gasteiger partial charge in [-0.25, -0.2) is 0 Å². The molecule has 176 valence electrons. The Bertz CT molecular complexity index is 425. The van der Waals surface area contributed by atoms with Gasteiger partial charge in [0.2, 0.25) is 0 Å². The fourth-order valence-corrected chi connectivity index (χ4v) is 10.00. The van der Waals surface area contributed by atoms with Crippen LogP contribution in [0.1, 0.15) is 124 Å². The first-order valence-electron chi connectivity index (χ1n) is 12.1. The van der Waals surface area contributed by atoms with Gasteiger partial charge in [-0.15, -0.1) is 0 Å². The van der Waals surface area contributed by atoms with Crippen molar-refractivity contribution in [3.8, 4) is 0 Å². The molecule has 0 aliphatic rings. The summed E-state index contributed by atoms with van der Waals surface area (Å²) in [5.41, 5.74) is 0. The van der Waals surface area contributed by atoms with Crippen LogP contribution in [0.4, 0.5) is 0 Å². The quantitative estimate of drug-likeness (QED) is 0.139. The number of hydrogen-bond donors (Lipinski definition) is 0. The number of unbranched alkanes of at least 4 members (excludes halogenated alkanes) is 8. The molecular weight excluding hydrogens is 491 g/mol. The van der Waals surface area contributed by atoms with E-state index in [-0.39, 0.29) is 19.3 Å².